The Bertz CT molecular complexity index is 435. The topological polar surface area (TPSA) is 35.5 Å². The molecule has 2 saturated heterocycles. The van der Waals surface area contributed by atoms with Crippen LogP contribution in [0.2, 0.25) is 0 Å². The van der Waals surface area contributed by atoms with E-state index in [9.17, 15) is 0 Å². The van der Waals surface area contributed by atoms with Crippen LogP contribution in [0.5, 0.6) is 0 Å². The minimum atomic E-state index is 0.275. The van der Waals surface area contributed by atoms with Crippen LogP contribution < -0.4 is 5.32 Å². The molecule has 3 nitrogen and oxygen atoms in total. The minimum Gasteiger partial charge on any atom is -0.396 e. The SMILES string of the molecule is OCCCc1cccc(NC2CCN3CCCCC23)c1. The van der Waals surface area contributed by atoms with Crippen LogP contribution in [0.15, 0.2) is 24.3 Å². The lowest BCUT2D eigenvalue weighted by Crippen LogP contribution is -2.41. The van der Waals surface area contributed by atoms with Crippen LogP contribution in [0, 0.1) is 0 Å². The minimum absolute atomic E-state index is 0.275. The zero-order valence-electron chi connectivity index (χ0n) is 12.2. The van der Waals surface area contributed by atoms with Gasteiger partial charge in [0.1, 0.15) is 0 Å². The number of aliphatic hydroxyl groups excluding tert-OH is 1. The highest BCUT2D eigenvalue weighted by atomic mass is 16.2. The fraction of sp³-hybridized carbons (Fsp3) is 0.647. The van der Waals surface area contributed by atoms with E-state index in [1.54, 1.807) is 0 Å². The first-order chi connectivity index (χ1) is 9.86. The maximum absolute atomic E-state index is 8.93. The molecule has 2 aliphatic rings. The summed E-state index contributed by atoms with van der Waals surface area (Å²) in [6.45, 7) is 2.82. The van der Waals surface area contributed by atoms with Crippen molar-refractivity contribution in [2.24, 2.45) is 0 Å². The van der Waals surface area contributed by atoms with Gasteiger partial charge >= 0.3 is 0 Å². The van der Waals surface area contributed by atoms with Gasteiger partial charge in [-0.25, -0.2) is 0 Å². The molecule has 0 radical (unpaired) electrons. The molecular weight excluding hydrogens is 248 g/mol. The van der Waals surface area contributed by atoms with E-state index in [4.69, 9.17) is 5.11 Å². The molecule has 0 saturated carbocycles. The smallest absolute Gasteiger partial charge is 0.0434 e. The van der Waals surface area contributed by atoms with Gasteiger partial charge in [0, 0.05) is 30.9 Å². The third kappa shape index (κ3) is 3.15. The Balaban J connectivity index is 1.62. The first-order valence-corrected chi connectivity index (χ1v) is 8.07. The fourth-order valence-electron chi connectivity index (χ4n) is 3.73. The molecule has 0 amide bonds. The second kappa shape index (κ2) is 6.59. The number of anilines is 1. The van der Waals surface area contributed by atoms with Gasteiger partial charge in [-0.1, -0.05) is 18.6 Å². The summed E-state index contributed by atoms with van der Waals surface area (Å²) in [6, 6.07) is 10.1. The van der Waals surface area contributed by atoms with Crippen molar-refractivity contribution in [3.05, 3.63) is 29.8 Å². The second-order valence-corrected chi connectivity index (χ2v) is 6.17. The molecule has 2 N–H and O–H groups in total. The first-order valence-electron chi connectivity index (χ1n) is 8.07. The molecule has 0 aromatic heterocycles. The molecule has 20 heavy (non-hydrogen) atoms. The van der Waals surface area contributed by atoms with Crippen molar-refractivity contribution in [2.45, 2.75) is 50.6 Å². The van der Waals surface area contributed by atoms with Gasteiger partial charge in [-0.05, 0) is 56.3 Å². The number of nitrogens with one attached hydrogen (secondary N) is 1. The third-order valence-corrected chi connectivity index (χ3v) is 4.76. The van der Waals surface area contributed by atoms with Crippen LogP contribution in [0.4, 0.5) is 5.69 Å². The summed E-state index contributed by atoms with van der Waals surface area (Å²) in [5, 5.41) is 12.7. The maximum Gasteiger partial charge on any atom is 0.0434 e. The molecule has 2 heterocycles. The normalized spacial score (nSPS) is 26.4. The summed E-state index contributed by atoms with van der Waals surface area (Å²) in [4.78, 5) is 2.66. The van der Waals surface area contributed by atoms with E-state index in [0.29, 0.717) is 6.04 Å². The van der Waals surface area contributed by atoms with Crippen molar-refractivity contribution in [1.29, 1.82) is 0 Å². The van der Waals surface area contributed by atoms with Gasteiger partial charge in [-0.3, -0.25) is 4.90 Å². The number of aryl methyl sites for hydroxylation is 1. The maximum atomic E-state index is 8.93. The summed E-state index contributed by atoms with van der Waals surface area (Å²) in [7, 11) is 0. The van der Waals surface area contributed by atoms with Crippen LogP contribution in [-0.4, -0.2) is 41.8 Å². The van der Waals surface area contributed by atoms with Crippen LogP contribution in [0.1, 0.15) is 37.7 Å². The highest BCUT2D eigenvalue weighted by molar-refractivity contribution is 5.47. The molecule has 2 fully saturated rings. The van der Waals surface area contributed by atoms with Gasteiger partial charge in [0.05, 0.1) is 0 Å². The van der Waals surface area contributed by atoms with Crippen molar-refractivity contribution in [3.8, 4) is 0 Å². The lowest BCUT2D eigenvalue weighted by Gasteiger charge is -2.33. The molecule has 3 heteroatoms. The van der Waals surface area contributed by atoms with Gasteiger partial charge in [0.2, 0.25) is 0 Å². The number of hydrogen-bond acceptors (Lipinski definition) is 3. The van der Waals surface area contributed by atoms with Crippen LogP contribution in [-0.2, 0) is 6.42 Å². The van der Waals surface area contributed by atoms with Crippen molar-refractivity contribution < 1.29 is 5.11 Å². The number of benzene rings is 1. The van der Waals surface area contributed by atoms with Crippen molar-refractivity contribution in [3.63, 3.8) is 0 Å². The van der Waals surface area contributed by atoms with Crippen molar-refractivity contribution in [2.75, 3.05) is 25.0 Å². The molecule has 1 aromatic carbocycles. The molecule has 0 aliphatic carbocycles. The zero-order valence-corrected chi connectivity index (χ0v) is 12.2. The van der Waals surface area contributed by atoms with Gasteiger partial charge in [0.15, 0.2) is 0 Å². The monoisotopic (exact) mass is 274 g/mol. The van der Waals surface area contributed by atoms with Crippen molar-refractivity contribution >= 4 is 5.69 Å². The number of fused-ring (bicyclic) bond motifs is 1. The predicted molar refractivity (Wildman–Crippen MR) is 83.1 cm³/mol. The van der Waals surface area contributed by atoms with Gasteiger partial charge in [-0.15, -0.1) is 0 Å². The summed E-state index contributed by atoms with van der Waals surface area (Å²) in [5.74, 6) is 0. The van der Waals surface area contributed by atoms with Crippen LogP contribution in [0.3, 0.4) is 0 Å². The number of hydrogen-bond donors (Lipinski definition) is 2. The number of nitrogens with zero attached hydrogens (tertiary/aromatic N) is 1. The Morgan fingerprint density at radius 2 is 2.15 bits per heavy atom. The Kier molecular flexibility index (Phi) is 4.58. The van der Waals surface area contributed by atoms with Crippen molar-refractivity contribution in [1.82, 2.24) is 4.90 Å². The third-order valence-electron chi connectivity index (χ3n) is 4.76. The quantitative estimate of drug-likeness (QED) is 0.866. The first kappa shape index (κ1) is 13.9. The van der Waals surface area contributed by atoms with Gasteiger partial charge in [-0.2, -0.15) is 0 Å². The number of rotatable bonds is 5. The lowest BCUT2D eigenvalue weighted by molar-refractivity contribution is 0.193. The van der Waals surface area contributed by atoms with E-state index >= 15 is 0 Å². The largest absolute Gasteiger partial charge is 0.396 e. The standard InChI is InChI=1S/C17H26N2O/c20-12-4-6-14-5-3-7-15(13-14)18-16-9-11-19-10-2-1-8-17(16)19/h3,5,7,13,16-18,20H,1-2,4,6,8-12H2. The number of aliphatic hydroxyl groups is 1. The van der Waals surface area contributed by atoms with Crippen LogP contribution in [0.25, 0.3) is 0 Å². The Morgan fingerprint density at radius 1 is 1.20 bits per heavy atom. The predicted octanol–water partition coefficient (Wildman–Crippen LogP) is 2.65. The highest BCUT2D eigenvalue weighted by Gasteiger charge is 2.35. The molecule has 0 spiro atoms. The van der Waals surface area contributed by atoms with Gasteiger partial charge in [0.25, 0.3) is 0 Å². The molecule has 2 unspecified atom stereocenters. The van der Waals surface area contributed by atoms with Gasteiger partial charge < -0.3 is 10.4 Å². The fourth-order valence-corrected chi connectivity index (χ4v) is 3.73. The zero-order chi connectivity index (χ0) is 13.8. The van der Waals surface area contributed by atoms with E-state index in [2.05, 4.69) is 34.5 Å². The molecule has 3 rings (SSSR count). The molecule has 0 bridgehead atoms. The highest BCUT2D eigenvalue weighted by Crippen LogP contribution is 2.29. The summed E-state index contributed by atoms with van der Waals surface area (Å²) in [6.07, 6.45) is 7.19. The second-order valence-electron chi connectivity index (χ2n) is 6.17. The summed E-state index contributed by atoms with van der Waals surface area (Å²) in [5.41, 5.74) is 2.57. The Morgan fingerprint density at radius 3 is 3.05 bits per heavy atom. The van der Waals surface area contributed by atoms with E-state index in [-0.39, 0.29) is 6.61 Å². The summed E-state index contributed by atoms with van der Waals surface area (Å²) >= 11 is 0. The molecule has 110 valence electrons. The molecule has 2 atom stereocenters. The van der Waals surface area contributed by atoms with E-state index in [1.165, 1.54) is 50.0 Å². The molecule has 1 aromatic rings. The van der Waals surface area contributed by atoms with Crippen LogP contribution >= 0.6 is 0 Å². The van der Waals surface area contributed by atoms with E-state index in [0.717, 1.165) is 18.9 Å². The average Bonchev–Trinajstić information content (AvgIpc) is 2.89. The molecular formula is C17H26N2O. The average molecular weight is 274 g/mol. The summed E-state index contributed by atoms with van der Waals surface area (Å²) < 4.78 is 0. The van der Waals surface area contributed by atoms with E-state index in [1.807, 2.05) is 0 Å². The molecule has 2 aliphatic heterocycles. The lowest BCUT2D eigenvalue weighted by atomic mass is 9.98. The Labute approximate surface area is 122 Å². The number of piperidine rings is 1. The van der Waals surface area contributed by atoms with E-state index < -0.39 is 0 Å². The Hall–Kier alpha value is -1.06.